The molecule has 1 amide bonds. The molecule has 0 spiro atoms. The van der Waals surface area contributed by atoms with Crippen molar-refractivity contribution in [2.24, 2.45) is 4.99 Å². The van der Waals surface area contributed by atoms with Crippen LogP contribution in [0.5, 0.6) is 5.75 Å². The Morgan fingerprint density at radius 1 is 0.844 bits per heavy atom. The van der Waals surface area contributed by atoms with Crippen molar-refractivity contribution in [3.63, 3.8) is 0 Å². The van der Waals surface area contributed by atoms with Gasteiger partial charge in [-0.25, -0.2) is 0 Å². The number of rotatable bonds is 8. The Morgan fingerprint density at radius 3 is 2.16 bits per heavy atom. The third kappa shape index (κ3) is 6.87. The molecule has 0 saturated heterocycles. The van der Waals surface area contributed by atoms with Crippen molar-refractivity contribution in [2.45, 2.75) is 19.7 Å². The van der Waals surface area contributed by atoms with Crippen LogP contribution < -0.4 is 15.4 Å². The fourth-order valence-corrected chi connectivity index (χ4v) is 3.10. The lowest BCUT2D eigenvalue weighted by atomic mass is 10.1. The molecule has 0 radical (unpaired) electrons. The predicted molar refractivity (Wildman–Crippen MR) is 129 cm³/mol. The summed E-state index contributed by atoms with van der Waals surface area (Å²) in [6.45, 7) is 1.77. The molecule has 2 N–H and O–H groups in total. The minimum atomic E-state index is -0.00281. The first-order valence-corrected chi connectivity index (χ1v) is 10.6. The Labute approximate surface area is 189 Å². The molecule has 0 aliphatic rings. The van der Waals surface area contributed by atoms with Gasteiger partial charge in [0.15, 0.2) is 5.96 Å². The maximum Gasteiger partial charge on any atom is 0.253 e. The van der Waals surface area contributed by atoms with Crippen LogP contribution in [-0.2, 0) is 19.7 Å². The molecular weight excluding hydrogens is 400 g/mol. The molecule has 32 heavy (non-hydrogen) atoms. The quantitative estimate of drug-likeness (QED) is 0.421. The predicted octanol–water partition coefficient (Wildman–Crippen LogP) is 3.83. The number of carbonyl (C=O) groups is 1. The highest BCUT2D eigenvalue weighted by molar-refractivity contribution is 5.93. The number of guanidine groups is 1. The number of hydrogen-bond donors (Lipinski definition) is 2. The van der Waals surface area contributed by atoms with E-state index in [2.05, 4.69) is 33.8 Å². The summed E-state index contributed by atoms with van der Waals surface area (Å²) in [5.41, 5.74) is 3.99. The molecule has 0 saturated carbocycles. The summed E-state index contributed by atoms with van der Waals surface area (Å²) in [5.74, 6) is 1.54. The zero-order valence-corrected chi connectivity index (χ0v) is 18.8. The first-order chi connectivity index (χ1) is 15.5. The van der Waals surface area contributed by atoms with Gasteiger partial charge in [0.25, 0.3) is 5.91 Å². The number of nitrogens with zero attached hydrogens (tertiary/aromatic N) is 2. The van der Waals surface area contributed by atoms with Gasteiger partial charge in [0.1, 0.15) is 12.4 Å². The van der Waals surface area contributed by atoms with Gasteiger partial charge < -0.3 is 20.3 Å². The third-order valence-electron chi connectivity index (χ3n) is 4.90. The van der Waals surface area contributed by atoms with Gasteiger partial charge in [-0.15, -0.1) is 0 Å². The number of ether oxygens (including phenoxy) is 1. The standard InChI is InChI=1S/C26H30N4O2/c1-27-26(28-17-20-12-14-23(15-13-20)25(31)30(2)3)29-18-22-10-7-11-24(16-22)32-19-21-8-5-4-6-9-21/h4-16H,17-19H2,1-3H3,(H2,27,28,29). The minimum Gasteiger partial charge on any atom is -0.489 e. The molecule has 0 fully saturated rings. The lowest BCUT2D eigenvalue weighted by molar-refractivity contribution is 0.0827. The normalized spacial score (nSPS) is 11.0. The topological polar surface area (TPSA) is 66.0 Å². The Kier molecular flexibility index (Phi) is 8.26. The number of carbonyl (C=O) groups excluding carboxylic acids is 1. The second-order valence-corrected chi connectivity index (χ2v) is 7.60. The van der Waals surface area contributed by atoms with E-state index in [0.717, 1.165) is 22.4 Å². The van der Waals surface area contributed by atoms with Crippen molar-refractivity contribution in [3.05, 3.63) is 101 Å². The van der Waals surface area contributed by atoms with E-state index in [-0.39, 0.29) is 5.91 Å². The van der Waals surface area contributed by atoms with Crippen molar-refractivity contribution < 1.29 is 9.53 Å². The smallest absolute Gasteiger partial charge is 0.253 e. The van der Waals surface area contributed by atoms with Crippen molar-refractivity contribution in [1.29, 1.82) is 0 Å². The molecule has 3 aromatic carbocycles. The van der Waals surface area contributed by atoms with Gasteiger partial charge in [-0.2, -0.15) is 0 Å². The summed E-state index contributed by atoms with van der Waals surface area (Å²) < 4.78 is 5.91. The Hall–Kier alpha value is -3.80. The van der Waals surface area contributed by atoms with E-state index in [1.165, 1.54) is 0 Å². The first-order valence-electron chi connectivity index (χ1n) is 10.6. The monoisotopic (exact) mass is 430 g/mol. The van der Waals surface area contributed by atoms with Gasteiger partial charge in [0.2, 0.25) is 0 Å². The number of hydrogen-bond acceptors (Lipinski definition) is 3. The highest BCUT2D eigenvalue weighted by Gasteiger charge is 2.07. The molecule has 166 valence electrons. The van der Waals surface area contributed by atoms with Gasteiger partial charge in [-0.3, -0.25) is 9.79 Å². The van der Waals surface area contributed by atoms with Crippen LogP contribution in [0.2, 0.25) is 0 Å². The summed E-state index contributed by atoms with van der Waals surface area (Å²) in [6, 6.07) is 25.7. The second kappa shape index (κ2) is 11.6. The highest BCUT2D eigenvalue weighted by Crippen LogP contribution is 2.15. The molecule has 0 aliphatic carbocycles. The van der Waals surface area contributed by atoms with E-state index >= 15 is 0 Å². The first kappa shape index (κ1) is 22.9. The van der Waals surface area contributed by atoms with E-state index in [9.17, 15) is 4.79 Å². The molecule has 6 heteroatoms. The molecular formula is C26H30N4O2. The number of nitrogens with one attached hydrogen (secondary N) is 2. The molecule has 0 atom stereocenters. The Morgan fingerprint density at radius 2 is 1.50 bits per heavy atom. The third-order valence-corrected chi connectivity index (χ3v) is 4.90. The van der Waals surface area contributed by atoms with Crippen LogP contribution in [0, 0.1) is 0 Å². The molecule has 0 heterocycles. The number of aliphatic imine (C=N–C) groups is 1. The maximum absolute atomic E-state index is 12.0. The van der Waals surface area contributed by atoms with Gasteiger partial charge in [-0.05, 0) is 41.0 Å². The van der Waals surface area contributed by atoms with Crippen LogP contribution in [0.3, 0.4) is 0 Å². The zero-order chi connectivity index (χ0) is 22.8. The average molecular weight is 431 g/mol. The maximum atomic E-state index is 12.0. The van der Waals surface area contributed by atoms with Crippen LogP contribution in [0.1, 0.15) is 27.0 Å². The van der Waals surface area contributed by atoms with E-state index < -0.39 is 0 Å². The second-order valence-electron chi connectivity index (χ2n) is 7.60. The van der Waals surface area contributed by atoms with Gasteiger partial charge >= 0.3 is 0 Å². The van der Waals surface area contributed by atoms with Crippen molar-refractivity contribution >= 4 is 11.9 Å². The Balaban J connectivity index is 1.48. The molecule has 0 unspecified atom stereocenters. The largest absolute Gasteiger partial charge is 0.489 e. The van der Waals surface area contributed by atoms with Crippen LogP contribution in [0.25, 0.3) is 0 Å². The molecule has 0 bridgehead atoms. The van der Waals surface area contributed by atoms with E-state index in [1.807, 2.05) is 60.7 Å². The van der Waals surface area contributed by atoms with Crippen LogP contribution in [-0.4, -0.2) is 37.9 Å². The van der Waals surface area contributed by atoms with E-state index in [0.29, 0.717) is 31.2 Å². The summed E-state index contributed by atoms with van der Waals surface area (Å²) in [4.78, 5) is 17.9. The summed E-state index contributed by atoms with van der Waals surface area (Å²) in [7, 11) is 5.24. The Bertz CT molecular complexity index is 1030. The van der Waals surface area contributed by atoms with Crippen LogP contribution in [0.15, 0.2) is 83.9 Å². The molecule has 0 aliphatic heterocycles. The van der Waals surface area contributed by atoms with Crippen LogP contribution >= 0.6 is 0 Å². The molecule has 3 aromatic rings. The fourth-order valence-electron chi connectivity index (χ4n) is 3.10. The van der Waals surface area contributed by atoms with Gasteiger partial charge in [0, 0.05) is 39.8 Å². The lowest BCUT2D eigenvalue weighted by Gasteiger charge is -2.14. The fraction of sp³-hybridized carbons (Fsp3) is 0.231. The van der Waals surface area contributed by atoms with E-state index in [1.54, 1.807) is 26.0 Å². The molecule has 6 nitrogen and oxygen atoms in total. The number of benzene rings is 3. The van der Waals surface area contributed by atoms with Gasteiger partial charge in [-0.1, -0.05) is 54.6 Å². The lowest BCUT2D eigenvalue weighted by Crippen LogP contribution is -2.36. The molecule has 3 rings (SSSR count). The molecule has 0 aromatic heterocycles. The van der Waals surface area contributed by atoms with Crippen molar-refractivity contribution in [2.75, 3.05) is 21.1 Å². The van der Waals surface area contributed by atoms with Crippen molar-refractivity contribution in [3.8, 4) is 5.75 Å². The van der Waals surface area contributed by atoms with Gasteiger partial charge in [0.05, 0.1) is 0 Å². The summed E-state index contributed by atoms with van der Waals surface area (Å²) in [5, 5.41) is 6.63. The summed E-state index contributed by atoms with van der Waals surface area (Å²) >= 11 is 0. The average Bonchev–Trinajstić information content (AvgIpc) is 2.83. The highest BCUT2D eigenvalue weighted by atomic mass is 16.5. The zero-order valence-electron chi connectivity index (χ0n) is 18.8. The van der Waals surface area contributed by atoms with Crippen molar-refractivity contribution in [1.82, 2.24) is 15.5 Å². The minimum absolute atomic E-state index is 0.00281. The number of amides is 1. The SMILES string of the molecule is CN=C(NCc1ccc(C(=O)N(C)C)cc1)NCc1cccc(OCc2ccccc2)c1. The van der Waals surface area contributed by atoms with Crippen LogP contribution in [0.4, 0.5) is 0 Å². The van der Waals surface area contributed by atoms with E-state index in [4.69, 9.17) is 4.74 Å². The summed E-state index contributed by atoms with van der Waals surface area (Å²) in [6.07, 6.45) is 0.